The van der Waals surface area contributed by atoms with E-state index < -0.39 is 0 Å². The van der Waals surface area contributed by atoms with E-state index in [9.17, 15) is 0 Å². The van der Waals surface area contributed by atoms with Crippen LogP contribution in [0.5, 0.6) is 0 Å². The Labute approximate surface area is 170 Å². The van der Waals surface area contributed by atoms with Crippen molar-refractivity contribution in [2.24, 2.45) is 5.92 Å². The third-order valence-corrected chi connectivity index (χ3v) is 7.18. The molecule has 0 nitrogen and oxygen atoms in total. The van der Waals surface area contributed by atoms with Crippen LogP contribution in [0.2, 0.25) is 0 Å². The van der Waals surface area contributed by atoms with Gasteiger partial charge in [-0.3, -0.25) is 0 Å². The van der Waals surface area contributed by atoms with Gasteiger partial charge in [-0.2, -0.15) is 0 Å². The number of allylic oxidation sites excluding steroid dienone is 5. The van der Waals surface area contributed by atoms with E-state index in [4.69, 9.17) is 0 Å². The van der Waals surface area contributed by atoms with Crippen LogP contribution in [0.15, 0.2) is 66.3 Å². The normalized spacial score (nSPS) is 18.9. The summed E-state index contributed by atoms with van der Waals surface area (Å²) in [6, 6.07) is 13.9. The first kappa shape index (κ1) is 19.0. The van der Waals surface area contributed by atoms with Crippen LogP contribution in [0.3, 0.4) is 0 Å². The Morgan fingerprint density at radius 3 is 2.11 bits per heavy atom. The fourth-order valence-corrected chi connectivity index (χ4v) is 5.25. The lowest BCUT2D eigenvalue weighted by molar-refractivity contribution is 0.635. The molecule has 0 N–H and O–H groups in total. The highest BCUT2D eigenvalue weighted by Gasteiger charge is 2.42. The van der Waals surface area contributed by atoms with Crippen LogP contribution >= 0.6 is 0 Å². The summed E-state index contributed by atoms with van der Waals surface area (Å²) >= 11 is 0. The zero-order valence-corrected chi connectivity index (χ0v) is 18.4. The lowest BCUT2D eigenvalue weighted by atomic mass is 9.78. The number of hydrogen-bond donors (Lipinski definition) is 0. The zero-order chi connectivity index (χ0) is 20.4. The molecule has 144 valence electrons. The summed E-state index contributed by atoms with van der Waals surface area (Å²) in [6.07, 6.45) is 4.15. The quantitative estimate of drug-likeness (QED) is 0.484. The predicted molar refractivity (Wildman–Crippen MR) is 123 cm³/mol. The third-order valence-electron chi connectivity index (χ3n) is 7.18. The van der Waals surface area contributed by atoms with Gasteiger partial charge in [0.05, 0.1) is 0 Å². The molecule has 0 unspecified atom stereocenters. The molecule has 0 atom stereocenters. The molecule has 0 bridgehead atoms. The maximum atomic E-state index is 3.98. The second-order valence-corrected chi connectivity index (χ2v) is 9.75. The first-order valence-corrected chi connectivity index (χ1v) is 10.5. The maximum Gasteiger partial charge on any atom is 0.0159 e. The van der Waals surface area contributed by atoms with Gasteiger partial charge in [-0.1, -0.05) is 90.1 Å². The largest absolute Gasteiger partial charge is 0.0991 e. The van der Waals surface area contributed by atoms with Crippen molar-refractivity contribution >= 4 is 5.57 Å². The van der Waals surface area contributed by atoms with Crippen LogP contribution in [0, 0.1) is 5.92 Å². The molecule has 0 heteroatoms. The molecule has 0 aromatic heterocycles. The van der Waals surface area contributed by atoms with E-state index in [0.717, 1.165) is 0 Å². The first-order valence-electron chi connectivity index (χ1n) is 10.5. The van der Waals surface area contributed by atoms with Crippen LogP contribution < -0.4 is 0 Å². The maximum absolute atomic E-state index is 3.98. The molecule has 0 saturated heterocycles. The molecular formula is C28H32. The summed E-state index contributed by atoms with van der Waals surface area (Å²) < 4.78 is 0. The van der Waals surface area contributed by atoms with Crippen LogP contribution in [0.4, 0.5) is 0 Å². The van der Waals surface area contributed by atoms with E-state index in [0.29, 0.717) is 5.92 Å². The van der Waals surface area contributed by atoms with Gasteiger partial charge in [0.2, 0.25) is 0 Å². The van der Waals surface area contributed by atoms with Gasteiger partial charge in [-0.05, 0) is 69.5 Å². The second-order valence-electron chi connectivity index (χ2n) is 9.75. The Bertz CT molecular complexity index is 1050. The molecule has 0 amide bonds. The molecule has 2 aliphatic rings. The Kier molecular flexibility index (Phi) is 4.12. The van der Waals surface area contributed by atoms with Gasteiger partial charge in [0.15, 0.2) is 0 Å². The second kappa shape index (κ2) is 6.08. The molecule has 0 heterocycles. The predicted octanol–water partition coefficient (Wildman–Crippen LogP) is 7.83. The summed E-state index contributed by atoms with van der Waals surface area (Å²) in [7, 11) is 0. The topological polar surface area (TPSA) is 0 Å². The molecular weight excluding hydrogens is 336 g/mol. The summed E-state index contributed by atoms with van der Waals surface area (Å²) in [5.74, 6) is 0.461. The van der Waals surface area contributed by atoms with Crippen molar-refractivity contribution in [3.05, 3.63) is 88.5 Å². The average Bonchev–Trinajstić information content (AvgIpc) is 2.98. The SMILES string of the molecule is C=CC=C(C1=C(C)C(C)(C)c2cc3c(cc21)C(C)(C)c1ccccc1-3)C(C)C. The van der Waals surface area contributed by atoms with Gasteiger partial charge in [0.1, 0.15) is 0 Å². The van der Waals surface area contributed by atoms with Crippen molar-refractivity contribution in [1.82, 2.24) is 0 Å². The highest BCUT2D eigenvalue weighted by atomic mass is 14.4. The standard InChI is InChI=1S/C28H32/c1-9-12-19(17(2)3)26-18(4)27(5,6)25-15-21-20-13-10-11-14-23(20)28(7,8)24(21)16-22(25)26/h9-17H,1H2,2-8H3. The van der Waals surface area contributed by atoms with Gasteiger partial charge < -0.3 is 0 Å². The highest BCUT2D eigenvalue weighted by Crippen LogP contribution is 2.56. The molecule has 0 aliphatic heterocycles. The van der Waals surface area contributed by atoms with Gasteiger partial charge in [-0.15, -0.1) is 0 Å². The minimum absolute atomic E-state index is 0.0346. The van der Waals surface area contributed by atoms with Crippen LogP contribution in [-0.4, -0.2) is 0 Å². The number of fused-ring (bicyclic) bond motifs is 4. The van der Waals surface area contributed by atoms with Crippen molar-refractivity contribution in [2.75, 3.05) is 0 Å². The van der Waals surface area contributed by atoms with Gasteiger partial charge >= 0.3 is 0 Å². The van der Waals surface area contributed by atoms with Gasteiger partial charge in [0.25, 0.3) is 0 Å². The average molecular weight is 369 g/mol. The summed E-state index contributed by atoms with van der Waals surface area (Å²) in [6.45, 7) is 20.3. The van der Waals surface area contributed by atoms with E-state index in [-0.39, 0.29) is 10.8 Å². The Morgan fingerprint density at radius 1 is 0.857 bits per heavy atom. The zero-order valence-electron chi connectivity index (χ0n) is 18.4. The minimum Gasteiger partial charge on any atom is -0.0991 e. The van der Waals surface area contributed by atoms with Gasteiger partial charge in [0, 0.05) is 10.8 Å². The Hall–Kier alpha value is -2.34. The fourth-order valence-electron chi connectivity index (χ4n) is 5.25. The van der Waals surface area contributed by atoms with Crippen LogP contribution in [0.25, 0.3) is 16.7 Å². The Morgan fingerprint density at radius 2 is 1.46 bits per heavy atom. The molecule has 0 radical (unpaired) electrons. The summed E-state index contributed by atoms with van der Waals surface area (Å²) in [4.78, 5) is 0. The monoisotopic (exact) mass is 368 g/mol. The fraction of sp³-hybridized carbons (Fsp3) is 0.357. The lowest BCUT2D eigenvalue weighted by Gasteiger charge is -2.25. The minimum atomic E-state index is 0.0346. The first-order chi connectivity index (χ1) is 13.1. The molecule has 0 saturated carbocycles. The molecule has 0 spiro atoms. The third kappa shape index (κ3) is 2.37. The number of rotatable bonds is 3. The highest BCUT2D eigenvalue weighted by molar-refractivity contribution is 5.93. The van der Waals surface area contributed by atoms with E-state index in [1.54, 1.807) is 0 Å². The molecule has 2 aliphatic carbocycles. The lowest BCUT2D eigenvalue weighted by Crippen LogP contribution is -2.17. The molecule has 2 aromatic carbocycles. The number of hydrogen-bond acceptors (Lipinski definition) is 0. The van der Waals surface area contributed by atoms with Gasteiger partial charge in [-0.25, -0.2) is 0 Å². The Balaban J connectivity index is 2.04. The van der Waals surface area contributed by atoms with E-state index in [2.05, 4.69) is 97.5 Å². The molecule has 0 fully saturated rings. The summed E-state index contributed by atoms with van der Waals surface area (Å²) in [5.41, 5.74) is 13.0. The summed E-state index contributed by atoms with van der Waals surface area (Å²) in [5, 5.41) is 0. The van der Waals surface area contributed by atoms with E-state index >= 15 is 0 Å². The molecule has 4 rings (SSSR count). The van der Waals surface area contributed by atoms with Crippen molar-refractivity contribution in [1.29, 1.82) is 0 Å². The van der Waals surface area contributed by atoms with Crippen molar-refractivity contribution < 1.29 is 0 Å². The van der Waals surface area contributed by atoms with E-state index in [1.165, 1.54) is 50.1 Å². The van der Waals surface area contributed by atoms with Crippen LogP contribution in [-0.2, 0) is 10.8 Å². The van der Waals surface area contributed by atoms with E-state index in [1.807, 2.05) is 6.08 Å². The molecule has 2 aromatic rings. The smallest absolute Gasteiger partial charge is 0.0159 e. The molecule has 28 heavy (non-hydrogen) atoms. The van der Waals surface area contributed by atoms with Crippen molar-refractivity contribution in [2.45, 2.75) is 59.3 Å². The number of benzene rings is 2. The van der Waals surface area contributed by atoms with Crippen molar-refractivity contribution in [3.63, 3.8) is 0 Å². The van der Waals surface area contributed by atoms with Crippen LogP contribution in [0.1, 0.15) is 70.7 Å². The van der Waals surface area contributed by atoms with Crippen molar-refractivity contribution in [3.8, 4) is 11.1 Å².